The highest BCUT2D eigenvalue weighted by Crippen LogP contribution is 2.25. The van der Waals surface area contributed by atoms with E-state index in [9.17, 15) is 4.79 Å². The topological polar surface area (TPSA) is 80.9 Å². The molecular weight excluding hydrogens is 308 g/mol. The third-order valence-corrected chi connectivity index (χ3v) is 3.95. The summed E-state index contributed by atoms with van der Waals surface area (Å²) in [5, 5.41) is 3.94. The first kappa shape index (κ1) is 15.6. The molecule has 5 nitrogen and oxygen atoms in total. The van der Waals surface area contributed by atoms with Gasteiger partial charge < -0.3 is 11.1 Å². The van der Waals surface area contributed by atoms with Crippen molar-refractivity contribution in [3.8, 4) is 0 Å². The van der Waals surface area contributed by atoms with Gasteiger partial charge in [0, 0.05) is 11.8 Å². The van der Waals surface area contributed by atoms with Crippen LogP contribution < -0.4 is 11.1 Å². The summed E-state index contributed by atoms with van der Waals surface area (Å²) in [6.07, 6.45) is 0. The lowest BCUT2D eigenvalue weighted by molar-refractivity contribution is -0.115. The molecule has 1 amide bonds. The maximum absolute atomic E-state index is 10.8. The Morgan fingerprint density at radius 3 is 2.86 bits per heavy atom. The molecule has 0 fully saturated rings. The van der Waals surface area contributed by atoms with Crippen LogP contribution in [0.1, 0.15) is 11.1 Å². The van der Waals surface area contributed by atoms with Gasteiger partial charge in [-0.1, -0.05) is 35.5 Å². The predicted molar refractivity (Wildman–Crippen MR) is 86.2 cm³/mol. The second kappa shape index (κ2) is 6.78. The second-order valence-corrected chi connectivity index (χ2v) is 5.82. The van der Waals surface area contributed by atoms with Crippen LogP contribution in [-0.2, 0) is 4.79 Å². The first-order valence-electron chi connectivity index (χ1n) is 6.24. The van der Waals surface area contributed by atoms with Crippen LogP contribution in [0.4, 0.5) is 11.5 Å². The van der Waals surface area contributed by atoms with Crippen LogP contribution in [-0.4, -0.2) is 21.6 Å². The average Bonchev–Trinajstić information content (AvgIpc) is 2.41. The monoisotopic (exact) mass is 322 g/mol. The predicted octanol–water partition coefficient (Wildman–Crippen LogP) is 3.07. The van der Waals surface area contributed by atoms with Gasteiger partial charge in [-0.3, -0.25) is 4.79 Å². The number of carbonyl (C=O) groups is 1. The maximum Gasteiger partial charge on any atom is 0.227 e. The standard InChI is InChI=1S/C14H15ClN4OS/c1-8-4-3-5-10(9(8)2)17-13-6-11(15)18-14(19-13)21-7-12(16)20/h3-6H,7H2,1-2H3,(H2,16,20)(H,17,18,19). The fraction of sp³-hybridized carbons (Fsp3) is 0.214. The van der Waals surface area contributed by atoms with Crippen LogP contribution in [0, 0.1) is 13.8 Å². The van der Waals surface area contributed by atoms with E-state index in [1.165, 1.54) is 5.56 Å². The second-order valence-electron chi connectivity index (χ2n) is 4.49. The van der Waals surface area contributed by atoms with Gasteiger partial charge in [0.15, 0.2) is 5.16 Å². The molecule has 1 aromatic carbocycles. The van der Waals surface area contributed by atoms with Crippen molar-refractivity contribution in [2.75, 3.05) is 11.1 Å². The molecule has 110 valence electrons. The molecule has 3 N–H and O–H groups in total. The molecule has 0 saturated carbocycles. The number of nitrogens with zero attached hydrogens (tertiary/aromatic N) is 2. The van der Waals surface area contributed by atoms with E-state index >= 15 is 0 Å². The number of amides is 1. The van der Waals surface area contributed by atoms with Gasteiger partial charge in [0.2, 0.25) is 5.91 Å². The van der Waals surface area contributed by atoms with Crippen molar-refractivity contribution >= 4 is 40.8 Å². The summed E-state index contributed by atoms with van der Waals surface area (Å²) < 4.78 is 0. The summed E-state index contributed by atoms with van der Waals surface area (Å²) in [5.41, 5.74) is 8.39. The Labute approximate surface area is 132 Å². The molecule has 1 heterocycles. The minimum Gasteiger partial charge on any atom is -0.369 e. The first-order valence-corrected chi connectivity index (χ1v) is 7.61. The van der Waals surface area contributed by atoms with E-state index < -0.39 is 5.91 Å². The summed E-state index contributed by atoms with van der Waals surface area (Å²) in [5.74, 6) is 0.270. The van der Waals surface area contributed by atoms with Crippen LogP contribution in [0.2, 0.25) is 5.15 Å². The number of thioether (sulfide) groups is 1. The Balaban J connectivity index is 2.23. The SMILES string of the molecule is Cc1cccc(Nc2cc(Cl)nc(SCC(N)=O)n2)c1C. The van der Waals surface area contributed by atoms with Crippen molar-refractivity contribution in [1.82, 2.24) is 9.97 Å². The minimum atomic E-state index is -0.424. The lowest BCUT2D eigenvalue weighted by atomic mass is 10.1. The van der Waals surface area contributed by atoms with Gasteiger partial charge in [0.25, 0.3) is 0 Å². The van der Waals surface area contributed by atoms with Gasteiger partial charge in [-0.15, -0.1) is 0 Å². The van der Waals surface area contributed by atoms with Crippen molar-refractivity contribution in [2.24, 2.45) is 5.73 Å². The largest absolute Gasteiger partial charge is 0.369 e. The van der Waals surface area contributed by atoms with E-state index in [0.717, 1.165) is 23.0 Å². The normalized spacial score (nSPS) is 10.4. The highest BCUT2D eigenvalue weighted by atomic mass is 35.5. The molecule has 1 aromatic heterocycles. The Bertz CT molecular complexity index is 678. The van der Waals surface area contributed by atoms with Crippen molar-refractivity contribution < 1.29 is 4.79 Å². The lowest BCUT2D eigenvalue weighted by Crippen LogP contribution is -2.13. The number of carbonyl (C=O) groups excluding carboxylic acids is 1. The first-order chi connectivity index (χ1) is 9.95. The summed E-state index contributed by atoms with van der Waals surface area (Å²) in [7, 11) is 0. The van der Waals surface area contributed by atoms with Gasteiger partial charge in [-0.25, -0.2) is 9.97 Å². The van der Waals surface area contributed by atoms with Gasteiger partial charge in [-0.2, -0.15) is 0 Å². The smallest absolute Gasteiger partial charge is 0.227 e. The Morgan fingerprint density at radius 2 is 2.14 bits per heavy atom. The number of aromatic nitrogens is 2. The molecule has 0 spiro atoms. The van der Waals surface area contributed by atoms with Gasteiger partial charge in [-0.05, 0) is 31.0 Å². The number of halogens is 1. The van der Waals surface area contributed by atoms with Crippen LogP contribution in [0.15, 0.2) is 29.4 Å². The number of primary amides is 1. The van der Waals surface area contributed by atoms with E-state index in [-0.39, 0.29) is 5.75 Å². The van der Waals surface area contributed by atoms with E-state index in [1.807, 2.05) is 32.0 Å². The molecule has 0 bridgehead atoms. The van der Waals surface area contributed by atoms with E-state index in [2.05, 4.69) is 15.3 Å². The molecule has 0 aliphatic heterocycles. The number of rotatable bonds is 5. The van der Waals surface area contributed by atoms with Crippen LogP contribution in [0.25, 0.3) is 0 Å². The maximum atomic E-state index is 10.8. The minimum absolute atomic E-state index is 0.114. The summed E-state index contributed by atoms with van der Waals surface area (Å²) >= 11 is 7.14. The quantitative estimate of drug-likeness (QED) is 0.502. The van der Waals surface area contributed by atoms with Gasteiger partial charge >= 0.3 is 0 Å². The van der Waals surface area contributed by atoms with Crippen LogP contribution >= 0.6 is 23.4 Å². The molecule has 0 aliphatic rings. The van der Waals surface area contributed by atoms with Crippen molar-refractivity contribution in [3.05, 3.63) is 40.5 Å². The third kappa shape index (κ3) is 4.34. The molecule has 21 heavy (non-hydrogen) atoms. The Hall–Kier alpha value is -1.79. The molecule has 0 atom stereocenters. The Morgan fingerprint density at radius 1 is 1.38 bits per heavy atom. The van der Waals surface area contributed by atoms with Crippen LogP contribution in [0.3, 0.4) is 0 Å². The molecule has 0 saturated heterocycles. The zero-order valence-corrected chi connectivity index (χ0v) is 13.3. The lowest BCUT2D eigenvalue weighted by Gasteiger charge is -2.11. The molecule has 0 aliphatic carbocycles. The summed E-state index contributed by atoms with van der Waals surface area (Å²) in [4.78, 5) is 19.2. The number of benzene rings is 1. The molecule has 7 heteroatoms. The molecule has 0 unspecified atom stereocenters. The van der Waals surface area contributed by atoms with Crippen molar-refractivity contribution in [3.63, 3.8) is 0 Å². The molecular formula is C14H15ClN4OS. The third-order valence-electron chi connectivity index (χ3n) is 2.89. The molecule has 2 aromatic rings. The number of anilines is 2. The van der Waals surface area contributed by atoms with Gasteiger partial charge in [0.05, 0.1) is 5.75 Å². The van der Waals surface area contributed by atoms with Crippen molar-refractivity contribution in [2.45, 2.75) is 19.0 Å². The Kier molecular flexibility index (Phi) is 5.03. The zero-order valence-electron chi connectivity index (χ0n) is 11.7. The number of hydrogen-bond acceptors (Lipinski definition) is 5. The highest BCUT2D eigenvalue weighted by molar-refractivity contribution is 7.99. The highest BCUT2D eigenvalue weighted by Gasteiger charge is 2.07. The fourth-order valence-corrected chi connectivity index (χ4v) is 2.52. The number of nitrogens with two attached hydrogens (primary N) is 1. The summed E-state index contributed by atoms with van der Waals surface area (Å²) in [6, 6.07) is 7.62. The van der Waals surface area contributed by atoms with Crippen LogP contribution in [0.5, 0.6) is 0 Å². The van der Waals surface area contributed by atoms with E-state index in [1.54, 1.807) is 6.07 Å². The number of hydrogen-bond donors (Lipinski definition) is 2. The molecule has 2 rings (SSSR count). The number of nitrogens with one attached hydrogen (secondary N) is 1. The van der Waals surface area contributed by atoms with Crippen molar-refractivity contribution in [1.29, 1.82) is 0 Å². The molecule has 0 radical (unpaired) electrons. The number of aryl methyl sites for hydroxylation is 1. The average molecular weight is 323 g/mol. The van der Waals surface area contributed by atoms with E-state index in [0.29, 0.717) is 16.1 Å². The summed E-state index contributed by atoms with van der Waals surface area (Å²) in [6.45, 7) is 4.07. The van der Waals surface area contributed by atoms with E-state index in [4.69, 9.17) is 17.3 Å². The van der Waals surface area contributed by atoms with Gasteiger partial charge in [0.1, 0.15) is 11.0 Å². The zero-order chi connectivity index (χ0) is 15.4. The fourth-order valence-electron chi connectivity index (χ4n) is 1.69.